The summed E-state index contributed by atoms with van der Waals surface area (Å²) in [5.74, 6) is 0.710. The van der Waals surface area contributed by atoms with Crippen molar-refractivity contribution in [3.8, 4) is 0 Å². The fourth-order valence-electron chi connectivity index (χ4n) is 1.80. The number of nitrogens with zero attached hydrogens (tertiary/aromatic N) is 3. The largest absolute Gasteiger partial charge is 0.398 e. The van der Waals surface area contributed by atoms with Gasteiger partial charge < -0.3 is 10.6 Å². The molecule has 2 rings (SSSR count). The van der Waals surface area contributed by atoms with Gasteiger partial charge in [-0.05, 0) is 41.4 Å². The molecule has 5 heteroatoms. The molecule has 0 aliphatic rings. The fourth-order valence-corrected chi connectivity index (χ4v) is 2.00. The van der Waals surface area contributed by atoms with E-state index in [1.165, 1.54) is 0 Å². The lowest BCUT2D eigenvalue weighted by Crippen LogP contribution is -2.32. The monoisotopic (exact) mass is 320 g/mol. The molecule has 0 fully saturated rings. The van der Waals surface area contributed by atoms with Crippen LogP contribution in [0.5, 0.6) is 0 Å². The molecule has 0 bridgehead atoms. The molecule has 2 aromatic rings. The molecule has 0 aliphatic heterocycles. The second kappa shape index (κ2) is 6.02. The third-order valence-electron chi connectivity index (χ3n) is 2.88. The Labute approximate surface area is 121 Å². The normalized spacial score (nSPS) is 10.7. The maximum absolute atomic E-state index is 6.00. The van der Waals surface area contributed by atoms with Crippen molar-refractivity contribution >= 4 is 27.6 Å². The molecule has 0 saturated heterocycles. The summed E-state index contributed by atoms with van der Waals surface area (Å²) in [6.07, 6.45) is 3.51. The molecule has 0 saturated carbocycles. The minimum Gasteiger partial charge on any atom is -0.398 e. The van der Waals surface area contributed by atoms with Gasteiger partial charge in [0.05, 0.1) is 4.47 Å². The van der Waals surface area contributed by atoms with E-state index in [1.807, 2.05) is 24.3 Å². The number of nitrogen functional groups attached to an aromatic ring is 1. The van der Waals surface area contributed by atoms with Crippen molar-refractivity contribution in [3.63, 3.8) is 0 Å². The van der Waals surface area contributed by atoms with Gasteiger partial charge in [-0.2, -0.15) is 0 Å². The van der Waals surface area contributed by atoms with Crippen LogP contribution in [0.25, 0.3) is 0 Å². The predicted molar refractivity (Wildman–Crippen MR) is 81.9 cm³/mol. The Balaban J connectivity index is 2.26. The molecule has 2 N–H and O–H groups in total. The van der Waals surface area contributed by atoms with Crippen LogP contribution in [0.1, 0.15) is 19.4 Å². The minimum atomic E-state index is 0.292. The molecule has 0 atom stereocenters. The zero-order valence-electron chi connectivity index (χ0n) is 11.0. The van der Waals surface area contributed by atoms with Gasteiger partial charge >= 0.3 is 0 Å². The number of anilines is 2. The van der Waals surface area contributed by atoms with Crippen molar-refractivity contribution in [1.82, 2.24) is 9.97 Å². The van der Waals surface area contributed by atoms with E-state index in [0.717, 1.165) is 15.7 Å². The van der Waals surface area contributed by atoms with E-state index in [1.54, 1.807) is 12.4 Å². The van der Waals surface area contributed by atoms with Gasteiger partial charge in [-0.3, -0.25) is 0 Å². The Kier molecular flexibility index (Phi) is 4.37. The van der Waals surface area contributed by atoms with Crippen molar-refractivity contribution in [3.05, 3.63) is 46.7 Å². The lowest BCUT2D eigenvalue weighted by molar-refractivity contribution is 0.661. The number of halogens is 1. The van der Waals surface area contributed by atoms with Crippen LogP contribution >= 0.6 is 15.9 Å². The first-order chi connectivity index (χ1) is 9.08. The van der Waals surface area contributed by atoms with E-state index in [9.17, 15) is 0 Å². The van der Waals surface area contributed by atoms with Crippen LogP contribution in [0.2, 0.25) is 0 Å². The second-order valence-electron chi connectivity index (χ2n) is 4.62. The van der Waals surface area contributed by atoms with Crippen molar-refractivity contribution in [1.29, 1.82) is 0 Å². The van der Waals surface area contributed by atoms with Crippen molar-refractivity contribution < 1.29 is 0 Å². The van der Waals surface area contributed by atoms with E-state index in [0.29, 0.717) is 18.5 Å². The minimum absolute atomic E-state index is 0.292. The first-order valence-electron chi connectivity index (χ1n) is 6.15. The summed E-state index contributed by atoms with van der Waals surface area (Å²) >= 11 is 3.35. The van der Waals surface area contributed by atoms with Crippen LogP contribution in [0.15, 0.2) is 41.1 Å². The molecular weight excluding hydrogens is 304 g/mol. The van der Waals surface area contributed by atoms with Crippen molar-refractivity contribution in [2.24, 2.45) is 0 Å². The first kappa shape index (κ1) is 13.8. The van der Waals surface area contributed by atoms with E-state index in [2.05, 4.69) is 44.6 Å². The lowest BCUT2D eigenvalue weighted by atomic mass is 10.1. The summed E-state index contributed by atoms with van der Waals surface area (Å²) in [6.45, 7) is 4.93. The van der Waals surface area contributed by atoms with Crippen LogP contribution < -0.4 is 10.6 Å². The number of para-hydroxylation sites is 1. The van der Waals surface area contributed by atoms with Crippen LogP contribution in [0, 0.1) is 0 Å². The highest BCUT2D eigenvalue weighted by atomic mass is 79.9. The number of hydrogen-bond acceptors (Lipinski definition) is 4. The van der Waals surface area contributed by atoms with Crippen molar-refractivity contribution in [2.45, 2.75) is 26.4 Å². The van der Waals surface area contributed by atoms with E-state index < -0.39 is 0 Å². The highest BCUT2D eigenvalue weighted by Crippen LogP contribution is 2.19. The maximum Gasteiger partial charge on any atom is 0.225 e. The van der Waals surface area contributed by atoms with E-state index in [4.69, 9.17) is 5.73 Å². The Morgan fingerprint density at radius 1 is 1.21 bits per heavy atom. The molecular formula is C14H17BrN4. The number of hydrogen-bond donors (Lipinski definition) is 1. The standard InChI is InChI=1S/C14H17BrN4/c1-10(2)19(14-17-7-12(15)8-18-14)9-11-5-3-4-6-13(11)16/h3-8,10H,9,16H2,1-2H3. The zero-order chi connectivity index (χ0) is 13.8. The van der Waals surface area contributed by atoms with Gasteiger partial charge in [0.25, 0.3) is 0 Å². The van der Waals surface area contributed by atoms with Crippen molar-refractivity contribution in [2.75, 3.05) is 10.6 Å². The Bertz CT molecular complexity index is 539. The zero-order valence-corrected chi connectivity index (χ0v) is 12.6. The molecule has 0 aliphatic carbocycles. The maximum atomic E-state index is 6.00. The Morgan fingerprint density at radius 2 is 1.84 bits per heavy atom. The summed E-state index contributed by atoms with van der Waals surface area (Å²) in [5, 5.41) is 0. The third-order valence-corrected chi connectivity index (χ3v) is 3.29. The Morgan fingerprint density at radius 3 is 2.42 bits per heavy atom. The van der Waals surface area contributed by atoms with Crippen LogP contribution in [-0.2, 0) is 6.54 Å². The second-order valence-corrected chi connectivity index (χ2v) is 5.54. The molecule has 4 nitrogen and oxygen atoms in total. The summed E-state index contributed by atoms with van der Waals surface area (Å²) in [6, 6.07) is 8.17. The highest BCUT2D eigenvalue weighted by Gasteiger charge is 2.14. The molecule has 0 radical (unpaired) electrons. The number of aromatic nitrogens is 2. The smallest absolute Gasteiger partial charge is 0.225 e. The lowest BCUT2D eigenvalue weighted by Gasteiger charge is -2.27. The summed E-state index contributed by atoms with van der Waals surface area (Å²) in [7, 11) is 0. The Hall–Kier alpha value is -1.62. The third kappa shape index (κ3) is 3.44. The topological polar surface area (TPSA) is 55.0 Å². The molecule has 100 valence electrons. The molecule has 0 unspecified atom stereocenters. The van der Waals surface area contributed by atoms with Gasteiger partial charge in [-0.15, -0.1) is 0 Å². The van der Waals surface area contributed by atoms with E-state index >= 15 is 0 Å². The molecule has 1 heterocycles. The number of nitrogens with two attached hydrogens (primary N) is 1. The van der Waals surface area contributed by atoms with Gasteiger partial charge in [-0.1, -0.05) is 18.2 Å². The van der Waals surface area contributed by atoms with Gasteiger partial charge in [-0.25, -0.2) is 9.97 Å². The van der Waals surface area contributed by atoms with Gasteiger partial charge in [0, 0.05) is 30.7 Å². The van der Waals surface area contributed by atoms with Crippen LogP contribution in [0.4, 0.5) is 11.6 Å². The predicted octanol–water partition coefficient (Wildman–Crippen LogP) is 3.24. The average molecular weight is 321 g/mol. The molecule has 0 amide bonds. The summed E-state index contributed by atoms with van der Waals surface area (Å²) in [4.78, 5) is 10.8. The molecule has 1 aromatic carbocycles. The van der Waals surface area contributed by atoms with Crippen LogP contribution in [0.3, 0.4) is 0 Å². The molecule has 19 heavy (non-hydrogen) atoms. The summed E-state index contributed by atoms with van der Waals surface area (Å²) in [5.41, 5.74) is 7.88. The van der Waals surface area contributed by atoms with E-state index in [-0.39, 0.29) is 0 Å². The van der Waals surface area contributed by atoms with Crippen LogP contribution in [-0.4, -0.2) is 16.0 Å². The number of rotatable bonds is 4. The fraction of sp³-hybridized carbons (Fsp3) is 0.286. The SMILES string of the molecule is CC(C)N(Cc1ccccc1N)c1ncc(Br)cn1. The highest BCUT2D eigenvalue weighted by molar-refractivity contribution is 9.10. The molecule has 1 aromatic heterocycles. The quantitative estimate of drug-likeness (QED) is 0.879. The average Bonchev–Trinajstić information content (AvgIpc) is 2.39. The first-order valence-corrected chi connectivity index (χ1v) is 6.95. The van der Waals surface area contributed by atoms with Gasteiger partial charge in [0.1, 0.15) is 0 Å². The number of benzene rings is 1. The van der Waals surface area contributed by atoms with Gasteiger partial charge in [0.2, 0.25) is 5.95 Å². The summed E-state index contributed by atoms with van der Waals surface area (Å²) < 4.78 is 0.874. The van der Waals surface area contributed by atoms with Gasteiger partial charge in [0.15, 0.2) is 0 Å². The molecule has 0 spiro atoms.